The van der Waals surface area contributed by atoms with Crippen LogP contribution in [0.25, 0.3) is 0 Å². The van der Waals surface area contributed by atoms with E-state index in [1.165, 1.54) is 10.4 Å². The third kappa shape index (κ3) is 3.66. The molecule has 1 saturated heterocycles. The molecule has 1 unspecified atom stereocenters. The second-order valence-corrected chi connectivity index (χ2v) is 9.52. The fraction of sp³-hybridized carbons (Fsp3) is 0.636. The number of alkyl halides is 1. The third-order valence-corrected chi connectivity index (χ3v) is 7.32. The zero-order valence-electron chi connectivity index (χ0n) is 10.1. The molecule has 1 aromatic rings. The van der Waals surface area contributed by atoms with E-state index in [0.29, 0.717) is 23.3 Å². The highest BCUT2D eigenvalue weighted by Crippen LogP contribution is 2.37. The van der Waals surface area contributed by atoms with Crippen molar-refractivity contribution >= 4 is 60.5 Å². The van der Waals surface area contributed by atoms with Gasteiger partial charge in [-0.15, -0.1) is 11.3 Å². The summed E-state index contributed by atoms with van der Waals surface area (Å²) in [6.45, 7) is 1.13. The van der Waals surface area contributed by atoms with Crippen molar-refractivity contribution in [2.24, 2.45) is 5.92 Å². The monoisotopic (exact) mass is 405 g/mol. The average Bonchev–Trinajstić information content (AvgIpc) is 2.70. The molecule has 3 nitrogen and oxygen atoms in total. The molecule has 0 saturated carbocycles. The fourth-order valence-electron chi connectivity index (χ4n) is 2.28. The first kappa shape index (κ1) is 16.0. The second-order valence-electron chi connectivity index (χ2n) is 4.54. The van der Waals surface area contributed by atoms with Gasteiger partial charge in [0.2, 0.25) is 10.0 Å². The first-order chi connectivity index (χ1) is 8.95. The van der Waals surface area contributed by atoms with Crippen LogP contribution in [0.5, 0.6) is 0 Å². The highest BCUT2D eigenvalue weighted by Gasteiger charge is 2.32. The quantitative estimate of drug-likeness (QED) is 0.701. The summed E-state index contributed by atoms with van der Waals surface area (Å²) in [5, 5.41) is 0.899. The Balaban J connectivity index is 2.22. The van der Waals surface area contributed by atoms with Crippen LogP contribution in [0.1, 0.15) is 19.3 Å². The van der Waals surface area contributed by atoms with E-state index in [9.17, 15) is 8.42 Å². The van der Waals surface area contributed by atoms with Gasteiger partial charge in [-0.25, -0.2) is 8.42 Å². The standard InChI is InChI=1S/C11H14BrCl2NO2S2/c12-4-3-8-2-1-5-15(7-8)19(16,17)9-6-10(13)18-11(9)14/h6,8H,1-5,7H2. The predicted molar refractivity (Wildman–Crippen MR) is 84.2 cm³/mol. The summed E-state index contributed by atoms with van der Waals surface area (Å²) in [6.07, 6.45) is 2.96. The molecule has 0 bridgehead atoms. The number of sulfonamides is 1. The molecule has 0 aromatic carbocycles. The highest BCUT2D eigenvalue weighted by molar-refractivity contribution is 9.09. The maximum atomic E-state index is 12.5. The molecule has 0 radical (unpaired) electrons. The number of hydrogen-bond acceptors (Lipinski definition) is 3. The Morgan fingerprint density at radius 3 is 2.79 bits per heavy atom. The van der Waals surface area contributed by atoms with E-state index < -0.39 is 10.0 Å². The van der Waals surface area contributed by atoms with E-state index in [1.807, 2.05) is 0 Å². The van der Waals surface area contributed by atoms with E-state index in [2.05, 4.69) is 15.9 Å². The van der Waals surface area contributed by atoms with Crippen LogP contribution in [-0.4, -0.2) is 31.1 Å². The van der Waals surface area contributed by atoms with Crippen molar-refractivity contribution in [3.63, 3.8) is 0 Å². The molecule has 1 fully saturated rings. The van der Waals surface area contributed by atoms with Crippen LogP contribution in [0, 0.1) is 5.92 Å². The number of halogens is 3. The molecular weight excluding hydrogens is 393 g/mol. The van der Waals surface area contributed by atoms with Crippen LogP contribution in [0.15, 0.2) is 11.0 Å². The molecule has 0 amide bonds. The predicted octanol–water partition coefficient (Wildman–Crippen LogP) is 4.24. The lowest BCUT2D eigenvalue weighted by atomic mass is 9.97. The molecule has 0 spiro atoms. The second kappa shape index (κ2) is 6.62. The summed E-state index contributed by atoms with van der Waals surface area (Å²) in [7, 11) is -3.51. The van der Waals surface area contributed by atoms with Crippen LogP contribution in [0.4, 0.5) is 0 Å². The highest BCUT2D eigenvalue weighted by atomic mass is 79.9. The van der Waals surface area contributed by atoms with Gasteiger partial charge in [-0.05, 0) is 31.2 Å². The lowest BCUT2D eigenvalue weighted by molar-refractivity contribution is 0.263. The van der Waals surface area contributed by atoms with Crippen LogP contribution in [-0.2, 0) is 10.0 Å². The normalized spacial score (nSPS) is 21.7. The van der Waals surface area contributed by atoms with E-state index >= 15 is 0 Å². The number of nitrogens with zero attached hydrogens (tertiary/aromatic N) is 1. The summed E-state index contributed by atoms with van der Waals surface area (Å²) in [5.74, 6) is 0.413. The van der Waals surface area contributed by atoms with Gasteiger partial charge >= 0.3 is 0 Å². The van der Waals surface area contributed by atoms with Gasteiger partial charge in [-0.3, -0.25) is 0 Å². The first-order valence-electron chi connectivity index (χ1n) is 5.96. The number of thiophene rings is 1. The van der Waals surface area contributed by atoms with Crippen molar-refractivity contribution in [1.82, 2.24) is 4.31 Å². The molecule has 0 N–H and O–H groups in total. The van der Waals surface area contributed by atoms with Crippen LogP contribution < -0.4 is 0 Å². The van der Waals surface area contributed by atoms with Gasteiger partial charge < -0.3 is 0 Å². The zero-order valence-corrected chi connectivity index (χ0v) is 14.8. The van der Waals surface area contributed by atoms with Gasteiger partial charge in [0.25, 0.3) is 0 Å². The average molecular weight is 407 g/mol. The Bertz CT molecular complexity index is 545. The van der Waals surface area contributed by atoms with E-state index in [-0.39, 0.29) is 9.23 Å². The van der Waals surface area contributed by atoms with E-state index in [4.69, 9.17) is 23.2 Å². The SMILES string of the molecule is O=S(=O)(c1cc(Cl)sc1Cl)N1CCCC(CCBr)C1. The lowest BCUT2D eigenvalue weighted by Crippen LogP contribution is -2.39. The molecule has 2 rings (SSSR count). The van der Waals surface area contributed by atoms with Gasteiger partial charge in [0.1, 0.15) is 9.23 Å². The lowest BCUT2D eigenvalue weighted by Gasteiger charge is -2.31. The van der Waals surface area contributed by atoms with Gasteiger partial charge in [-0.1, -0.05) is 39.1 Å². The van der Waals surface area contributed by atoms with Crippen molar-refractivity contribution < 1.29 is 8.42 Å². The summed E-state index contributed by atoms with van der Waals surface area (Å²) in [5.41, 5.74) is 0. The molecule has 8 heteroatoms. The summed E-state index contributed by atoms with van der Waals surface area (Å²) >= 11 is 16.3. The van der Waals surface area contributed by atoms with Gasteiger partial charge in [-0.2, -0.15) is 4.31 Å². The molecule has 1 aliphatic rings. The Morgan fingerprint density at radius 1 is 1.47 bits per heavy atom. The number of rotatable bonds is 4. The van der Waals surface area contributed by atoms with Crippen LogP contribution >= 0.6 is 50.5 Å². The molecule has 2 heterocycles. The Labute approximate surface area is 136 Å². The Hall–Kier alpha value is 0.670. The molecule has 1 atom stereocenters. The smallest absolute Gasteiger partial charge is 0.207 e. The number of hydrogen-bond donors (Lipinski definition) is 0. The minimum Gasteiger partial charge on any atom is -0.207 e. The zero-order chi connectivity index (χ0) is 14.0. The van der Waals surface area contributed by atoms with E-state index in [0.717, 1.165) is 35.9 Å². The minimum atomic E-state index is -3.51. The van der Waals surface area contributed by atoms with Crippen molar-refractivity contribution in [1.29, 1.82) is 0 Å². The maximum Gasteiger partial charge on any atom is 0.245 e. The number of piperidine rings is 1. The largest absolute Gasteiger partial charge is 0.245 e. The van der Waals surface area contributed by atoms with Gasteiger partial charge in [0.15, 0.2) is 0 Å². The third-order valence-electron chi connectivity index (χ3n) is 3.24. The van der Waals surface area contributed by atoms with Crippen LogP contribution in [0.2, 0.25) is 8.67 Å². The molecule has 1 aromatic heterocycles. The summed E-state index contributed by atoms with van der Waals surface area (Å²) in [6, 6.07) is 1.44. The van der Waals surface area contributed by atoms with Crippen LogP contribution in [0.3, 0.4) is 0 Å². The first-order valence-corrected chi connectivity index (χ1v) is 10.1. The molecule has 19 heavy (non-hydrogen) atoms. The van der Waals surface area contributed by atoms with Crippen molar-refractivity contribution in [2.75, 3.05) is 18.4 Å². The summed E-state index contributed by atoms with van der Waals surface area (Å²) in [4.78, 5) is 0.142. The van der Waals surface area contributed by atoms with Crippen molar-refractivity contribution in [2.45, 2.75) is 24.2 Å². The molecule has 0 aliphatic carbocycles. The van der Waals surface area contributed by atoms with Crippen molar-refractivity contribution in [3.05, 3.63) is 14.7 Å². The Kier molecular flexibility index (Phi) is 5.59. The minimum absolute atomic E-state index is 0.142. The summed E-state index contributed by atoms with van der Waals surface area (Å²) < 4.78 is 27.3. The molecule has 108 valence electrons. The Morgan fingerprint density at radius 2 is 2.21 bits per heavy atom. The molecular formula is C11H14BrCl2NO2S2. The van der Waals surface area contributed by atoms with Gasteiger partial charge in [0, 0.05) is 18.4 Å². The molecule has 1 aliphatic heterocycles. The van der Waals surface area contributed by atoms with Crippen molar-refractivity contribution in [3.8, 4) is 0 Å². The van der Waals surface area contributed by atoms with E-state index in [1.54, 1.807) is 0 Å². The van der Waals surface area contributed by atoms with Gasteiger partial charge in [0.05, 0.1) is 4.34 Å². The fourth-order valence-corrected chi connectivity index (χ4v) is 6.59. The topological polar surface area (TPSA) is 37.4 Å². The maximum absolute atomic E-state index is 12.5.